The summed E-state index contributed by atoms with van der Waals surface area (Å²) >= 11 is 6.05. The van der Waals surface area contributed by atoms with Crippen LogP contribution >= 0.6 is 11.6 Å². The normalized spacial score (nSPS) is 11.5. The Hall–Kier alpha value is -2.80. The van der Waals surface area contributed by atoms with Gasteiger partial charge in [-0.1, -0.05) is 23.7 Å². The minimum atomic E-state index is -4.46. The van der Waals surface area contributed by atoms with Gasteiger partial charge in [-0.15, -0.1) is 0 Å². The molecule has 1 heterocycles. The van der Waals surface area contributed by atoms with Crippen LogP contribution in [-0.2, 0) is 6.18 Å². The minimum Gasteiger partial charge on any atom is -0.322 e. The van der Waals surface area contributed by atoms with Crippen molar-refractivity contribution in [1.82, 2.24) is 9.78 Å². The van der Waals surface area contributed by atoms with E-state index >= 15 is 0 Å². The number of anilines is 1. The summed E-state index contributed by atoms with van der Waals surface area (Å²) in [6.45, 7) is 3.39. The van der Waals surface area contributed by atoms with Crippen LogP contribution in [0.15, 0.2) is 48.7 Å². The Balaban J connectivity index is 1.92. The summed E-state index contributed by atoms with van der Waals surface area (Å²) in [6.07, 6.45) is -3.13. The van der Waals surface area contributed by atoms with Crippen molar-refractivity contribution in [3.8, 4) is 5.69 Å². The molecule has 0 aliphatic carbocycles. The molecule has 0 aliphatic rings. The molecule has 0 spiro atoms. The molecule has 27 heavy (non-hydrogen) atoms. The Morgan fingerprint density at radius 1 is 1.15 bits per heavy atom. The maximum Gasteiger partial charge on any atom is 0.416 e. The van der Waals surface area contributed by atoms with Crippen molar-refractivity contribution < 1.29 is 18.0 Å². The molecule has 3 rings (SSSR count). The van der Waals surface area contributed by atoms with E-state index in [9.17, 15) is 18.0 Å². The van der Waals surface area contributed by atoms with Gasteiger partial charge in [0.15, 0.2) is 0 Å². The number of nitrogens with one attached hydrogen (secondary N) is 1. The third kappa shape index (κ3) is 3.83. The molecule has 4 nitrogen and oxygen atoms in total. The second-order valence-corrected chi connectivity index (χ2v) is 6.38. The molecule has 0 saturated heterocycles. The highest BCUT2D eigenvalue weighted by atomic mass is 35.5. The fraction of sp³-hybridized carbons (Fsp3) is 0.158. The lowest BCUT2D eigenvalue weighted by Crippen LogP contribution is -2.14. The van der Waals surface area contributed by atoms with Gasteiger partial charge in [0.05, 0.1) is 28.7 Å². The van der Waals surface area contributed by atoms with E-state index in [1.165, 1.54) is 23.0 Å². The van der Waals surface area contributed by atoms with Gasteiger partial charge in [0, 0.05) is 10.7 Å². The number of aromatic nitrogens is 2. The highest BCUT2D eigenvalue weighted by Gasteiger charge is 2.30. The summed E-state index contributed by atoms with van der Waals surface area (Å²) in [5.74, 6) is -0.420. The van der Waals surface area contributed by atoms with Crippen LogP contribution in [0.1, 0.15) is 27.2 Å². The Labute approximate surface area is 158 Å². The zero-order valence-electron chi connectivity index (χ0n) is 14.4. The number of alkyl halides is 3. The highest BCUT2D eigenvalue weighted by Crippen LogP contribution is 2.30. The second-order valence-electron chi connectivity index (χ2n) is 5.97. The van der Waals surface area contributed by atoms with E-state index in [0.717, 1.165) is 17.7 Å². The van der Waals surface area contributed by atoms with Crippen LogP contribution in [0.4, 0.5) is 18.9 Å². The molecule has 0 radical (unpaired) electrons. The molecule has 0 aliphatic heterocycles. The van der Waals surface area contributed by atoms with Crippen molar-refractivity contribution in [2.24, 2.45) is 0 Å². The Bertz CT molecular complexity index is 1010. The number of hydrogen-bond donors (Lipinski definition) is 1. The van der Waals surface area contributed by atoms with Crippen molar-refractivity contribution >= 4 is 23.2 Å². The molecule has 1 N–H and O–H groups in total. The van der Waals surface area contributed by atoms with Crippen molar-refractivity contribution in [1.29, 1.82) is 0 Å². The Morgan fingerprint density at radius 2 is 1.85 bits per heavy atom. The van der Waals surface area contributed by atoms with Crippen molar-refractivity contribution in [3.05, 3.63) is 76.1 Å². The molecule has 8 heteroatoms. The first-order valence-corrected chi connectivity index (χ1v) is 8.35. The van der Waals surface area contributed by atoms with Crippen LogP contribution in [0.3, 0.4) is 0 Å². The van der Waals surface area contributed by atoms with E-state index in [4.69, 9.17) is 11.6 Å². The number of carbonyl (C=O) groups excluding carboxylic acids is 1. The van der Waals surface area contributed by atoms with Crippen molar-refractivity contribution in [2.45, 2.75) is 20.0 Å². The van der Waals surface area contributed by atoms with Crippen LogP contribution < -0.4 is 5.32 Å². The summed E-state index contributed by atoms with van der Waals surface area (Å²) in [5.41, 5.74) is 1.39. The first kappa shape index (κ1) is 19.0. The topological polar surface area (TPSA) is 46.9 Å². The fourth-order valence-electron chi connectivity index (χ4n) is 2.64. The van der Waals surface area contributed by atoms with E-state index in [1.54, 1.807) is 32.0 Å². The number of amides is 1. The molecule has 2 aromatic carbocycles. The maximum absolute atomic E-state index is 12.9. The quantitative estimate of drug-likeness (QED) is 0.646. The van der Waals surface area contributed by atoms with Gasteiger partial charge in [-0.25, -0.2) is 4.68 Å². The molecule has 0 fully saturated rings. The number of carbonyl (C=O) groups is 1. The summed E-state index contributed by atoms with van der Waals surface area (Å²) in [4.78, 5) is 12.6. The SMILES string of the molecule is Cc1c(Cl)cccc1NC(=O)c1cnn(-c2cccc(C(F)(F)F)c2)c1C. The van der Waals surface area contributed by atoms with Gasteiger partial charge in [-0.05, 0) is 49.7 Å². The molecule has 0 saturated carbocycles. The highest BCUT2D eigenvalue weighted by molar-refractivity contribution is 6.31. The molecule has 0 atom stereocenters. The zero-order valence-corrected chi connectivity index (χ0v) is 15.2. The van der Waals surface area contributed by atoms with E-state index in [0.29, 0.717) is 16.4 Å². The monoisotopic (exact) mass is 393 g/mol. The number of rotatable bonds is 3. The lowest BCUT2D eigenvalue weighted by Gasteiger charge is -2.11. The Kier molecular flexibility index (Phi) is 4.97. The lowest BCUT2D eigenvalue weighted by atomic mass is 10.1. The third-order valence-electron chi connectivity index (χ3n) is 4.19. The first-order chi connectivity index (χ1) is 12.7. The van der Waals surface area contributed by atoms with E-state index in [1.807, 2.05) is 0 Å². The lowest BCUT2D eigenvalue weighted by molar-refractivity contribution is -0.137. The van der Waals surface area contributed by atoms with Crippen LogP contribution in [0, 0.1) is 13.8 Å². The average Bonchev–Trinajstić information content (AvgIpc) is 3.00. The summed E-state index contributed by atoms with van der Waals surface area (Å²) in [5, 5.41) is 7.34. The summed E-state index contributed by atoms with van der Waals surface area (Å²) < 4.78 is 40.1. The largest absolute Gasteiger partial charge is 0.416 e. The van der Waals surface area contributed by atoms with E-state index < -0.39 is 17.6 Å². The molecule has 140 valence electrons. The number of benzene rings is 2. The van der Waals surface area contributed by atoms with Crippen molar-refractivity contribution in [2.75, 3.05) is 5.32 Å². The molecular weight excluding hydrogens is 379 g/mol. The van der Waals surface area contributed by atoms with Gasteiger partial charge in [-0.3, -0.25) is 4.79 Å². The van der Waals surface area contributed by atoms with Gasteiger partial charge in [0.2, 0.25) is 0 Å². The number of halogens is 4. The van der Waals surface area contributed by atoms with Gasteiger partial charge >= 0.3 is 6.18 Å². The predicted octanol–water partition coefficient (Wildman–Crippen LogP) is 5.41. The molecular formula is C19H15ClF3N3O. The molecule has 0 unspecified atom stereocenters. The van der Waals surface area contributed by atoms with Gasteiger partial charge in [-0.2, -0.15) is 18.3 Å². The molecule has 1 amide bonds. The first-order valence-electron chi connectivity index (χ1n) is 7.97. The van der Waals surface area contributed by atoms with E-state index in [-0.39, 0.29) is 11.3 Å². The van der Waals surface area contributed by atoms with Gasteiger partial charge in [0.25, 0.3) is 5.91 Å². The molecule has 1 aromatic heterocycles. The number of hydrogen-bond acceptors (Lipinski definition) is 2. The predicted molar refractivity (Wildman–Crippen MR) is 97.4 cm³/mol. The number of nitrogens with zero attached hydrogens (tertiary/aromatic N) is 2. The average molecular weight is 394 g/mol. The second kappa shape index (κ2) is 7.08. The fourth-order valence-corrected chi connectivity index (χ4v) is 2.81. The third-order valence-corrected chi connectivity index (χ3v) is 4.60. The molecule has 0 bridgehead atoms. The Morgan fingerprint density at radius 3 is 2.56 bits per heavy atom. The van der Waals surface area contributed by atoms with Gasteiger partial charge in [0.1, 0.15) is 0 Å². The van der Waals surface area contributed by atoms with E-state index in [2.05, 4.69) is 10.4 Å². The summed E-state index contributed by atoms with van der Waals surface area (Å²) in [6, 6.07) is 9.91. The van der Waals surface area contributed by atoms with Gasteiger partial charge < -0.3 is 5.32 Å². The van der Waals surface area contributed by atoms with Crippen LogP contribution in [0.5, 0.6) is 0 Å². The van der Waals surface area contributed by atoms with Crippen LogP contribution in [-0.4, -0.2) is 15.7 Å². The van der Waals surface area contributed by atoms with Crippen LogP contribution in [0.25, 0.3) is 5.69 Å². The molecule has 3 aromatic rings. The smallest absolute Gasteiger partial charge is 0.322 e. The van der Waals surface area contributed by atoms with Crippen molar-refractivity contribution in [3.63, 3.8) is 0 Å². The standard InChI is InChI=1S/C19H15ClF3N3O/c1-11-16(20)7-4-8-17(11)25-18(27)15-10-24-26(12(15)2)14-6-3-5-13(9-14)19(21,22)23/h3-10H,1-2H3,(H,25,27). The van der Waals surface area contributed by atoms with Crippen LogP contribution in [0.2, 0.25) is 5.02 Å². The minimum absolute atomic E-state index is 0.223. The summed E-state index contributed by atoms with van der Waals surface area (Å²) in [7, 11) is 0. The zero-order chi connectivity index (χ0) is 19.8. The maximum atomic E-state index is 12.9.